The number of aromatic carboxylic acids is 1. The van der Waals surface area contributed by atoms with E-state index in [4.69, 9.17) is 0 Å². The summed E-state index contributed by atoms with van der Waals surface area (Å²) in [6.07, 6.45) is 4.51. The molecule has 2 aromatic heterocycles. The zero-order valence-corrected chi connectivity index (χ0v) is 19.9. The van der Waals surface area contributed by atoms with E-state index in [0.717, 1.165) is 41.7 Å². The van der Waals surface area contributed by atoms with Crippen molar-refractivity contribution >= 4 is 45.2 Å². The summed E-state index contributed by atoms with van der Waals surface area (Å²) in [7, 11) is 0. The Balaban J connectivity index is 1.88. The molecular weight excluding hydrogens is 448 g/mol. The van der Waals surface area contributed by atoms with Crippen LogP contribution in [0, 0.1) is 0 Å². The molecule has 6 nitrogen and oxygen atoms in total. The summed E-state index contributed by atoms with van der Waals surface area (Å²) in [6.45, 7) is 4.41. The zero-order chi connectivity index (χ0) is 24.2. The van der Waals surface area contributed by atoms with E-state index < -0.39 is 11.9 Å². The number of hydrogen-bond donors (Lipinski definition) is 2. The minimum Gasteiger partial charge on any atom is -0.478 e. The molecule has 0 fully saturated rings. The average Bonchev–Trinajstić information content (AvgIpc) is 3.48. The van der Waals surface area contributed by atoms with Crippen molar-refractivity contribution in [1.82, 2.24) is 9.55 Å². The lowest BCUT2D eigenvalue weighted by Crippen LogP contribution is -2.11. The number of carboxylic acids is 2. The summed E-state index contributed by atoms with van der Waals surface area (Å²) in [4.78, 5) is 29.3. The number of unbranched alkanes of at least 4 members (excludes halogenated alkanes) is 1. The molecule has 2 aromatic carbocycles. The van der Waals surface area contributed by atoms with Gasteiger partial charge < -0.3 is 14.8 Å². The van der Waals surface area contributed by atoms with Crippen molar-refractivity contribution in [3.05, 3.63) is 87.6 Å². The van der Waals surface area contributed by atoms with E-state index in [-0.39, 0.29) is 11.1 Å². The number of aryl methyl sites for hydroxylation is 1. The average molecular weight is 475 g/mol. The highest BCUT2D eigenvalue weighted by molar-refractivity contribution is 7.11. The third kappa shape index (κ3) is 4.52. The number of imidazole rings is 1. The molecule has 34 heavy (non-hydrogen) atoms. The number of thiophene rings is 1. The van der Waals surface area contributed by atoms with Gasteiger partial charge in [-0.3, -0.25) is 0 Å². The second-order valence-corrected chi connectivity index (χ2v) is 9.10. The van der Waals surface area contributed by atoms with Gasteiger partial charge >= 0.3 is 11.9 Å². The van der Waals surface area contributed by atoms with E-state index in [9.17, 15) is 19.8 Å². The van der Waals surface area contributed by atoms with Gasteiger partial charge in [0.15, 0.2) is 0 Å². The van der Waals surface area contributed by atoms with Gasteiger partial charge in [0, 0.05) is 17.8 Å². The molecule has 4 rings (SSSR count). The van der Waals surface area contributed by atoms with Crippen LogP contribution in [0.1, 0.15) is 59.0 Å². The Hall–Kier alpha value is -3.71. The highest BCUT2D eigenvalue weighted by atomic mass is 32.1. The van der Waals surface area contributed by atoms with Gasteiger partial charge in [0.05, 0.1) is 23.0 Å². The Bertz CT molecular complexity index is 1380. The Morgan fingerprint density at radius 1 is 1.03 bits per heavy atom. The van der Waals surface area contributed by atoms with Crippen LogP contribution in [-0.4, -0.2) is 31.7 Å². The number of aromatic nitrogens is 2. The van der Waals surface area contributed by atoms with Crippen molar-refractivity contribution < 1.29 is 19.8 Å². The number of carbonyl (C=O) groups is 2. The molecule has 4 aromatic rings. The van der Waals surface area contributed by atoms with E-state index >= 15 is 0 Å². The molecule has 7 heteroatoms. The normalized spacial score (nSPS) is 12.1. The van der Waals surface area contributed by atoms with Crippen LogP contribution in [0.25, 0.3) is 21.9 Å². The van der Waals surface area contributed by atoms with Crippen molar-refractivity contribution in [3.8, 4) is 0 Å². The molecule has 2 N–H and O–H groups in total. The van der Waals surface area contributed by atoms with Gasteiger partial charge in [-0.05, 0) is 52.8 Å². The maximum Gasteiger partial charge on any atom is 0.337 e. The van der Waals surface area contributed by atoms with Crippen molar-refractivity contribution in [1.29, 1.82) is 0 Å². The summed E-state index contributed by atoms with van der Waals surface area (Å²) in [5, 5.41) is 23.0. The molecule has 0 aliphatic heterocycles. The first kappa shape index (κ1) is 23.4. The third-order valence-corrected chi connectivity index (χ3v) is 6.89. The van der Waals surface area contributed by atoms with Crippen LogP contribution in [0.3, 0.4) is 0 Å². The molecule has 0 saturated heterocycles. The molecule has 0 bridgehead atoms. The van der Waals surface area contributed by atoms with Gasteiger partial charge in [-0.25, -0.2) is 14.6 Å². The summed E-state index contributed by atoms with van der Waals surface area (Å²) < 4.78 is 2.07. The zero-order valence-electron chi connectivity index (χ0n) is 19.1. The molecule has 0 aliphatic rings. The molecule has 0 atom stereocenters. The molecule has 0 saturated carbocycles. The molecule has 0 spiro atoms. The third-order valence-electron chi connectivity index (χ3n) is 6.01. The fourth-order valence-corrected chi connectivity index (χ4v) is 5.10. The number of fused-ring (bicyclic) bond motifs is 1. The summed E-state index contributed by atoms with van der Waals surface area (Å²) in [5.74, 6) is -1.05. The summed E-state index contributed by atoms with van der Waals surface area (Å²) >= 11 is 1.40. The molecule has 174 valence electrons. The highest BCUT2D eigenvalue weighted by Crippen LogP contribution is 2.31. The second kappa shape index (κ2) is 10.1. The fraction of sp³-hybridized carbons (Fsp3) is 0.222. The minimum absolute atomic E-state index is 0.262. The number of benzene rings is 2. The molecule has 0 aliphatic carbocycles. The van der Waals surface area contributed by atoms with Gasteiger partial charge in [-0.15, -0.1) is 11.3 Å². The van der Waals surface area contributed by atoms with Crippen molar-refractivity contribution in [2.45, 2.75) is 39.7 Å². The van der Waals surface area contributed by atoms with E-state index in [2.05, 4.69) is 16.5 Å². The summed E-state index contributed by atoms with van der Waals surface area (Å²) in [5.41, 5.74) is 2.89. The number of aliphatic carboxylic acids is 1. The number of allylic oxidation sites excluding steroid dienone is 1. The van der Waals surface area contributed by atoms with Crippen LogP contribution < -0.4 is 0 Å². The monoisotopic (exact) mass is 474 g/mol. The molecular formula is C27H26N2O4S. The van der Waals surface area contributed by atoms with Crippen LogP contribution in [0.2, 0.25) is 0 Å². The van der Waals surface area contributed by atoms with E-state index in [1.54, 1.807) is 12.3 Å². The SMILES string of the molecule is CCCCc1ncc(/C(C)=C(\C(=O)O)c2cccs2)n1Cc1ccc(C(=O)O)c2ccccc12. The molecule has 2 heterocycles. The molecule has 0 unspecified atom stereocenters. The highest BCUT2D eigenvalue weighted by Gasteiger charge is 2.21. The second-order valence-electron chi connectivity index (χ2n) is 8.15. The van der Waals surface area contributed by atoms with E-state index in [0.29, 0.717) is 22.4 Å². The first-order valence-corrected chi connectivity index (χ1v) is 12.1. The standard InChI is InChI=1S/C27H26N2O4S/c1-3-4-11-24-28-15-22(17(2)25(27(32)33)23-10-7-14-34-23)29(24)16-18-12-13-21(26(30)31)20-9-6-5-8-19(18)20/h5-10,12-15H,3-4,11,16H2,1-2H3,(H,30,31)(H,32,33)/b25-17-. The van der Waals surface area contributed by atoms with Crippen molar-refractivity contribution in [3.63, 3.8) is 0 Å². The number of nitrogens with zero attached hydrogens (tertiary/aromatic N) is 2. The number of hydrogen-bond acceptors (Lipinski definition) is 4. The number of rotatable bonds is 9. The summed E-state index contributed by atoms with van der Waals surface area (Å²) in [6, 6.07) is 14.6. The van der Waals surface area contributed by atoms with Crippen LogP contribution >= 0.6 is 11.3 Å². The predicted molar refractivity (Wildman–Crippen MR) is 135 cm³/mol. The Kier molecular flexibility index (Phi) is 6.93. The van der Waals surface area contributed by atoms with E-state index in [1.165, 1.54) is 11.3 Å². The van der Waals surface area contributed by atoms with Crippen molar-refractivity contribution in [2.24, 2.45) is 0 Å². The lowest BCUT2D eigenvalue weighted by molar-refractivity contribution is -0.130. The Morgan fingerprint density at radius 3 is 2.44 bits per heavy atom. The predicted octanol–water partition coefficient (Wildman–Crippen LogP) is 6.20. The van der Waals surface area contributed by atoms with Crippen LogP contribution in [0.15, 0.2) is 60.1 Å². The minimum atomic E-state index is -0.973. The molecule has 0 radical (unpaired) electrons. The van der Waals surface area contributed by atoms with Gasteiger partial charge in [0.1, 0.15) is 5.82 Å². The van der Waals surface area contributed by atoms with E-state index in [1.807, 2.05) is 54.8 Å². The van der Waals surface area contributed by atoms with Gasteiger partial charge in [-0.2, -0.15) is 0 Å². The topological polar surface area (TPSA) is 92.4 Å². The fourth-order valence-electron chi connectivity index (χ4n) is 4.28. The van der Waals surface area contributed by atoms with Gasteiger partial charge in [0.2, 0.25) is 0 Å². The van der Waals surface area contributed by atoms with Gasteiger partial charge in [-0.1, -0.05) is 49.7 Å². The lowest BCUT2D eigenvalue weighted by atomic mass is 9.99. The lowest BCUT2D eigenvalue weighted by Gasteiger charge is -2.16. The maximum atomic E-state index is 12.2. The van der Waals surface area contributed by atoms with Crippen LogP contribution in [0.5, 0.6) is 0 Å². The largest absolute Gasteiger partial charge is 0.478 e. The van der Waals surface area contributed by atoms with Gasteiger partial charge in [0.25, 0.3) is 0 Å². The number of carboxylic acid groups (broad SMARTS) is 2. The quantitative estimate of drug-likeness (QED) is 0.282. The Labute approximate surface area is 201 Å². The molecule has 0 amide bonds. The first-order valence-electron chi connectivity index (χ1n) is 11.2. The Morgan fingerprint density at radius 2 is 1.79 bits per heavy atom. The first-order chi connectivity index (χ1) is 16.4. The van der Waals surface area contributed by atoms with Crippen LogP contribution in [-0.2, 0) is 17.8 Å². The maximum absolute atomic E-state index is 12.2. The smallest absolute Gasteiger partial charge is 0.337 e. The van der Waals surface area contributed by atoms with Crippen LogP contribution in [0.4, 0.5) is 0 Å². The van der Waals surface area contributed by atoms with Crippen molar-refractivity contribution in [2.75, 3.05) is 0 Å².